The Kier molecular flexibility index (Phi) is 8.92. The summed E-state index contributed by atoms with van der Waals surface area (Å²) >= 11 is 0. The average Bonchev–Trinajstić information content (AvgIpc) is 3.71. The molecule has 0 spiro atoms. The Labute approximate surface area is 330 Å². The Balaban J connectivity index is 0.845. The zero-order chi connectivity index (χ0) is 39.9. The first-order valence-electron chi connectivity index (χ1n) is 20.2. The number of benzene rings is 3. The third-order valence-corrected chi connectivity index (χ3v) is 13.4. The lowest BCUT2D eigenvalue weighted by Crippen LogP contribution is -2.54. The van der Waals surface area contributed by atoms with Gasteiger partial charge in [0, 0.05) is 59.3 Å². The van der Waals surface area contributed by atoms with Gasteiger partial charge >= 0.3 is 0 Å². The van der Waals surface area contributed by atoms with Crippen LogP contribution in [0.3, 0.4) is 0 Å². The second-order valence-corrected chi connectivity index (χ2v) is 17.0. The van der Waals surface area contributed by atoms with Crippen molar-refractivity contribution in [3.8, 4) is 6.07 Å². The van der Waals surface area contributed by atoms with Gasteiger partial charge in [0.05, 0.1) is 28.3 Å². The molecule has 1 atom stereocenters. The lowest BCUT2D eigenvalue weighted by Gasteiger charge is -2.40. The largest absolute Gasteiger partial charge is 0.371 e. The van der Waals surface area contributed by atoms with Crippen LogP contribution in [0.25, 0.3) is 10.9 Å². The first-order valence-corrected chi connectivity index (χ1v) is 20.2. The molecule has 12 heteroatoms. The molecule has 0 bridgehead atoms. The van der Waals surface area contributed by atoms with E-state index in [1.54, 1.807) is 6.07 Å². The second kappa shape index (κ2) is 13.8. The maximum absolute atomic E-state index is 15.6. The molecule has 1 aromatic heterocycles. The van der Waals surface area contributed by atoms with E-state index < -0.39 is 40.9 Å². The quantitative estimate of drug-likeness (QED) is 0.224. The van der Waals surface area contributed by atoms with Crippen LogP contribution in [0.15, 0.2) is 42.5 Å². The summed E-state index contributed by atoms with van der Waals surface area (Å²) in [6.45, 7) is 10.9. The van der Waals surface area contributed by atoms with Crippen molar-refractivity contribution in [2.75, 3.05) is 37.6 Å². The highest BCUT2D eigenvalue weighted by atomic mass is 19.1. The number of amides is 4. The minimum Gasteiger partial charge on any atom is -0.371 e. The normalized spacial score (nSPS) is 21.5. The number of aryl methyl sites for hydroxylation is 1. The highest BCUT2D eigenvalue weighted by Crippen LogP contribution is 2.46. The number of anilines is 1. The summed E-state index contributed by atoms with van der Waals surface area (Å²) in [6.07, 6.45) is 4.42. The summed E-state index contributed by atoms with van der Waals surface area (Å²) in [5.74, 6) is -2.51. The molecule has 0 radical (unpaired) electrons. The molecule has 3 saturated heterocycles. The van der Waals surface area contributed by atoms with Crippen molar-refractivity contribution in [2.24, 2.45) is 5.92 Å². The molecule has 5 aliphatic rings. The van der Waals surface area contributed by atoms with Gasteiger partial charge in [-0.2, -0.15) is 5.26 Å². The second-order valence-electron chi connectivity index (χ2n) is 17.0. The molecule has 4 aliphatic heterocycles. The third-order valence-electron chi connectivity index (χ3n) is 13.4. The number of carbonyl (C=O) groups excluding carboxylic acids is 5. The summed E-state index contributed by atoms with van der Waals surface area (Å²) in [6, 6.07) is 13.6. The number of nitriles is 1. The summed E-state index contributed by atoms with van der Waals surface area (Å²) in [7, 11) is 0. The van der Waals surface area contributed by atoms with Gasteiger partial charge in [-0.25, -0.2) is 4.39 Å². The molecule has 1 aliphatic carbocycles. The van der Waals surface area contributed by atoms with Gasteiger partial charge in [-0.05, 0) is 117 Å². The number of aromatic nitrogens is 1. The molecule has 1 unspecified atom stereocenters. The highest BCUT2D eigenvalue weighted by Gasteiger charge is 2.46. The zero-order valence-electron chi connectivity index (χ0n) is 32.5. The van der Waals surface area contributed by atoms with Gasteiger partial charge in [0.1, 0.15) is 11.9 Å². The number of ketones is 1. The van der Waals surface area contributed by atoms with E-state index in [2.05, 4.69) is 59.1 Å². The number of piperidine rings is 3. The lowest BCUT2D eigenvalue weighted by atomic mass is 9.70. The highest BCUT2D eigenvalue weighted by molar-refractivity contribution is 6.23. The van der Waals surface area contributed by atoms with Crippen molar-refractivity contribution >= 4 is 46.0 Å². The van der Waals surface area contributed by atoms with Gasteiger partial charge in [0.25, 0.3) is 11.8 Å². The molecule has 9 rings (SSSR count). The summed E-state index contributed by atoms with van der Waals surface area (Å²) < 4.78 is 15.6. The van der Waals surface area contributed by atoms with E-state index in [0.29, 0.717) is 22.6 Å². The molecule has 57 heavy (non-hydrogen) atoms. The fourth-order valence-electron chi connectivity index (χ4n) is 10.1. The van der Waals surface area contributed by atoms with Gasteiger partial charge < -0.3 is 14.8 Å². The number of nitrogens with one attached hydrogen (secondary N) is 2. The van der Waals surface area contributed by atoms with E-state index >= 15 is 4.39 Å². The monoisotopic (exact) mass is 768 g/mol. The Hall–Kier alpha value is -5.67. The van der Waals surface area contributed by atoms with Crippen molar-refractivity contribution in [3.63, 3.8) is 0 Å². The van der Waals surface area contributed by atoms with Crippen LogP contribution in [-0.4, -0.2) is 83.0 Å². The maximum atomic E-state index is 15.6. The first-order chi connectivity index (χ1) is 27.4. The molecule has 3 aromatic carbocycles. The Bertz CT molecular complexity index is 2460. The fourth-order valence-corrected chi connectivity index (χ4v) is 10.1. The average molecular weight is 769 g/mol. The van der Waals surface area contributed by atoms with Crippen LogP contribution in [0, 0.1) is 23.1 Å². The van der Waals surface area contributed by atoms with Crippen molar-refractivity contribution in [3.05, 3.63) is 98.5 Å². The number of fused-ring (bicyclic) bond motifs is 5. The SMILES string of the molecule is CCc1cc2c(cc1N1CCC(CN3CCC(c4cc5c(cc4F)C(=O)N(C4CCC(=O)NC4=O)C5=O)CC3)CC1)C(C)(C)c1[nH]c3cc(C#N)ccc3c1C2=O. The fraction of sp³-hybridized carbons (Fsp3) is 0.422. The van der Waals surface area contributed by atoms with Crippen LogP contribution in [0.4, 0.5) is 10.1 Å². The molecule has 292 valence electrons. The van der Waals surface area contributed by atoms with E-state index in [9.17, 15) is 29.2 Å². The number of hydrogen-bond donors (Lipinski definition) is 2. The summed E-state index contributed by atoms with van der Waals surface area (Å²) in [5.41, 5.74) is 7.17. The van der Waals surface area contributed by atoms with Crippen molar-refractivity contribution < 1.29 is 28.4 Å². The predicted molar refractivity (Wildman–Crippen MR) is 211 cm³/mol. The Morgan fingerprint density at radius 3 is 2.28 bits per heavy atom. The molecule has 2 N–H and O–H groups in total. The van der Waals surface area contributed by atoms with Crippen LogP contribution < -0.4 is 10.2 Å². The standard InChI is InChI=1S/C45H45FN6O5/c1-4-26-18-32-33(45(2,3)41-39(40(32)54)28-6-5-25(22-47)17-35(28)48-41)21-37(26)51-15-9-24(10-16-51)23-50-13-11-27(12-14-50)29-19-30-31(20-34(29)46)44(57)52(43(30)56)36-7-8-38(53)49-42(36)55/h5-6,17-21,24,27,36,48H,4,7-16,23H2,1-3H3,(H,49,53,55). The summed E-state index contributed by atoms with van der Waals surface area (Å²) in [4.78, 5) is 74.1. The Morgan fingerprint density at radius 2 is 1.60 bits per heavy atom. The van der Waals surface area contributed by atoms with E-state index in [4.69, 9.17) is 0 Å². The van der Waals surface area contributed by atoms with E-state index in [0.717, 1.165) is 104 Å². The first kappa shape index (κ1) is 36.9. The van der Waals surface area contributed by atoms with E-state index in [1.807, 2.05) is 12.1 Å². The van der Waals surface area contributed by atoms with Gasteiger partial charge in [-0.3, -0.25) is 34.2 Å². The predicted octanol–water partition coefficient (Wildman–Crippen LogP) is 6.11. The minimum absolute atomic E-state index is 0.0259. The van der Waals surface area contributed by atoms with Gasteiger partial charge in [-0.1, -0.05) is 26.8 Å². The van der Waals surface area contributed by atoms with Crippen molar-refractivity contribution in [2.45, 2.75) is 83.1 Å². The van der Waals surface area contributed by atoms with Gasteiger partial charge in [0.15, 0.2) is 5.78 Å². The maximum Gasteiger partial charge on any atom is 0.262 e. The number of carbonyl (C=O) groups is 5. The van der Waals surface area contributed by atoms with Gasteiger partial charge in [-0.15, -0.1) is 0 Å². The smallest absolute Gasteiger partial charge is 0.262 e. The van der Waals surface area contributed by atoms with Gasteiger partial charge in [0.2, 0.25) is 11.8 Å². The molecule has 11 nitrogen and oxygen atoms in total. The molecule has 3 fully saturated rings. The van der Waals surface area contributed by atoms with E-state index in [-0.39, 0.29) is 35.7 Å². The number of likely N-dealkylation sites (tertiary alicyclic amines) is 1. The van der Waals surface area contributed by atoms with E-state index in [1.165, 1.54) is 17.3 Å². The molecule has 5 heterocycles. The number of rotatable bonds is 6. The molecule has 4 amide bonds. The third kappa shape index (κ3) is 5.97. The minimum atomic E-state index is -1.09. The number of nitrogens with zero attached hydrogens (tertiary/aromatic N) is 4. The number of imide groups is 2. The molecule has 0 saturated carbocycles. The lowest BCUT2D eigenvalue weighted by molar-refractivity contribution is -0.136. The van der Waals surface area contributed by atoms with Crippen molar-refractivity contribution in [1.29, 1.82) is 5.26 Å². The Morgan fingerprint density at radius 1 is 0.877 bits per heavy atom. The van der Waals surface area contributed by atoms with Crippen LogP contribution in [0.2, 0.25) is 0 Å². The topological polar surface area (TPSA) is 147 Å². The number of aromatic amines is 1. The number of hydrogen-bond acceptors (Lipinski definition) is 8. The van der Waals surface area contributed by atoms with Crippen LogP contribution in [0.5, 0.6) is 0 Å². The van der Waals surface area contributed by atoms with Crippen molar-refractivity contribution in [1.82, 2.24) is 20.1 Å². The molecule has 4 aromatic rings. The van der Waals surface area contributed by atoms with Crippen LogP contribution in [0.1, 0.15) is 130 Å². The van der Waals surface area contributed by atoms with Crippen LogP contribution >= 0.6 is 0 Å². The van der Waals surface area contributed by atoms with Crippen LogP contribution in [-0.2, 0) is 21.4 Å². The number of H-pyrrole nitrogens is 1. The summed E-state index contributed by atoms with van der Waals surface area (Å²) in [5, 5.41) is 12.5. The zero-order valence-corrected chi connectivity index (χ0v) is 32.5. The molecular formula is C45H45FN6O5. The molecular weight excluding hydrogens is 724 g/mol. The number of halogens is 1.